The van der Waals surface area contributed by atoms with Gasteiger partial charge < -0.3 is 0 Å². The van der Waals surface area contributed by atoms with Crippen LogP contribution in [0.4, 0.5) is 4.39 Å². The Bertz CT molecular complexity index is 264. The SMILES string of the molecule is C=Cc1n[nH]nc1C(=C)F. The largest absolute Gasteiger partial charge is 0.205 e. The lowest BCUT2D eigenvalue weighted by molar-refractivity contribution is 0.753. The fraction of sp³-hybridized carbons (Fsp3) is 0. The molecule has 1 heterocycles. The molecule has 10 heavy (non-hydrogen) atoms. The summed E-state index contributed by atoms with van der Waals surface area (Å²) in [6.45, 7) is 6.49. The molecule has 0 aliphatic carbocycles. The number of nitrogens with zero attached hydrogens (tertiary/aromatic N) is 2. The molecule has 0 radical (unpaired) electrons. The molecule has 0 aliphatic rings. The van der Waals surface area contributed by atoms with Crippen LogP contribution >= 0.6 is 0 Å². The molecule has 1 aromatic rings. The summed E-state index contributed by atoms with van der Waals surface area (Å²) in [5.74, 6) is -0.608. The molecule has 0 amide bonds. The first-order chi connectivity index (χ1) is 4.75. The molecule has 0 aliphatic heterocycles. The van der Waals surface area contributed by atoms with E-state index in [1.165, 1.54) is 6.08 Å². The van der Waals surface area contributed by atoms with Gasteiger partial charge in [0.1, 0.15) is 17.2 Å². The summed E-state index contributed by atoms with van der Waals surface area (Å²) >= 11 is 0. The minimum atomic E-state index is -0.608. The average molecular weight is 139 g/mol. The van der Waals surface area contributed by atoms with E-state index >= 15 is 0 Å². The number of rotatable bonds is 2. The number of aromatic amines is 1. The first kappa shape index (κ1) is 6.67. The molecule has 1 rings (SSSR count). The van der Waals surface area contributed by atoms with E-state index in [-0.39, 0.29) is 5.69 Å². The van der Waals surface area contributed by atoms with E-state index < -0.39 is 5.83 Å². The number of aromatic nitrogens is 3. The van der Waals surface area contributed by atoms with Gasteiger partial charge in [-0.15, -0.1) is 0 Å². The van der Waals surface area contributed by atoms with E-state index in [2.05, 4.69) is 28.6 Å². The highest BCUT2D eigenvalue weighted by molar-refractivity contribution is 5.62. The van der Waals surface area contributed by atoms with Crippen LogP contribution in [0.1, 0.15) is 11.4 Å². The van der Waals surface area contributed by atoms with Crippen molar-refractivity contribution in [3.8, 4) is 0 Å². The minimum absolute atomic E-state index is 0.120. The lowest BCUT2D eigenvalue weighted by Gasteiger charge is -1.86. The second kappa shape index (κ2) is 2.43. The Balaban J connectivity index is 3.13. The van der Waals surface area contributed by atoms with Gasteiger partial charge in [0, 0.05) is 0 Å². The average Bonchev–Trinajstić information content (AvgIpc) is 2.33. The zero-order valence-electron chi connectivity index (χ0n) is 5.26. The van der Waals surface area contributed by atoms with Crippen molar-refractivity contribution >= 4 is 11.9 Å². The van der Waals surface area contributed by atoms with Gasteiger partial charge in [-0.3, -0.25) is 0 Å². The molecule has 1 aromatic heterocycles. The van der Waals surface area contributed by atoms with Crippen molar-refractivity contribution in [3.05, 3.63) is 24.5 Å². The van der Waals surface area contributed by atoms with Crippen molar-refractivity contribution in [2.24, 2.45) is 0 Å². The zero-order valence-corrected chi connectivity index (χ0v) is 5.26. The highest BCUT2D eigenvalue weighted by Crippen LogP contribution is 2.13. The molecule has 1 N–H and O–H groups in total. The van der Waals surface area contributed by atoms with E-state index in [1.54, 1.807) is 0 Å². The summed E-state index contributed by atoms with van der Waals surface area (Å²) in [4.78, 5) is 0. The summed E-state index contributed by atoms with van der Waals surface area (Å²) in [5.41, 5.74) is 0.502. The molecule has 4 heteroatoms. The summed E-state index contributed by atoms with van der Waals surface area (Å²) in [6, 6.07) is 0. The molecule has 0 unspecified atom stereocenters. The van der Waals surface area contributed by atoms with Crippen molar-refractivity contribution in [3.63, 3.8) is 0 Å². The molecule has 0 atom stereocenters. The predicted octanol–water partition coefficient (Wildman–Crippen LogP) is 1.39. The van der Waals surface area contributed by atoms with Crippen LogP contribution in [0.3, 0.4) is 0 Å². The summed E-state index contributed by atoms with van der Waals surface area (Å²) in [5, 5.41) is 9.36. The van der Waals surface area contributed by atoms with E-state index in [0.717, 1.165) is 0 Å². The van der Waals surface area contributed by atoms with E-state index in [1.807, 2.05) is 0 Å². The highest BCUT2D eigenvalue weighted by atomic mass is 19.1. The van der Waals surface area contributed by atoms with Crippen molar-refractivity contribution in [1.82, 2.24) is 15.4 Å². The van der Waals surface area contributed by atoms with Crippen LogP contribution in [0, 0.1) is 0 Å². The molecule has 3 nitrogen and oxygen atoms in total. The van der Waals surface area contributed by atoms with Crippen LogP contribution in [0.15, 0.2) is 13.2 Å². The van der Waals surface area contributed by atoms with Crippen LogP contribution in [0.5, 0.6) is 0 Å². The van der Waals surface area contributed by atoms with Gasteiger partial charge in [0.15, 0.2) is 0 Å². The number of hydrogen-bond donors (Lipinski definition) is 1. The van der Waals surface area contributed by atoms with Gasteiger partial charge in [-0.2, -0.15) is 15.4 Å². The van der Waals surface area contributed by atoms with Gasteiger partial charge in [0.2, 0.25) is 0 Å². The maximum absolute atomic E-state index is 12.3. The van der Waals surface area contributed by atoms with Crippen LogP contribution in [0.2, 0.25) is 0 Å². The van der Waals surface area contributed by atoms with Gasteiger partial charge >= 0.3 is 0 Å². The molecule has 0 saturated heterocycles. The van der Waals surface area contributed by atoms with Crippen molar-refractivity contribution in [2.75, 3.05) is 0 Å². The zero-order chi connectivity index (χ0) is 7.56. The first-order valence-corrected chi connectivity index (χ1v) is 2.63. The van der Waals surface area contributed by atoms with Gasteiger partial charge in [0.05, 0.1) is 0 Å². The predicted molar refractivity (Wildman–Crippen MR) is 36.6 cm³/mol. The standard InChI is InChI=1S/C6H6FN3/c1-3-5-6(4(2)7)9-10-8-5/h3H,1-2H2,(H,8,9,10). The van der Waals surface area contributed by atoms with Gasteiger partial charge in [-0.1, -0.05) is 13.2 Å². The molecule has 0 fully saturated rings. The number of halogens is 1. The lowest BCUT2D eigenvalue weighted by Crippen LogP contribution is -1.79. The molecule has 52 valence electrons. The smallest absolute Gasteiger partial charge is 0.147 e. The van der Waals surface area contributed by atoms with Crippen LogP contribution in [-0.2, 0) is 0 Å². The van der Waals surface area contributed by atoms with Crippen LogP contribution in [-0.4, -0.2) is 15.4 Å². The Hall–Kier alpha value is -1.45. The second-order valence-corrected chi connectivity index (χ2v) is 1.67. The molecule has 0 spiro atoms. The maximum atomic E-state index is 12.3. The lowest BCUT2D eigenvalue weighted by atomic mass is 10.3. The van der Waals surface area contributed by atoms with Crippen molar-refractivity contribution in [2.45, 2.75) is 0 Å². The maximum Gasteiger partial charge on any atom is 0.147 e. The quantitative estimate of drug-likeness (QED) is 0.672. The normalized spacial score (nSPS) is 9.30. The molecule has 0 saturated carbocycles. The van der Waals surface area contributed by atoms with E-state index in [0.29, 0.717) is 5.69 Å². The third-order valence-corrected chi connectivity index (χ3v) is 1.03. The third-order valence-electron chi connectivity index (χ3n) is 1.03. The minimum Gasteiger partial charge on any atom is -0.205 e. The topological polar surface area (TPSA) is 41.6 Å². The van der Waals surface area contributed by atoms with Crippen molar-refractivity contribution < 1.29 is 4.39 Å². The fourth-order valence-electron chi connectivity index (χ4n) is 0.581. The number of hydrogen-bond acceptors (Lipinski definition) is 2. The van der Waals surface area contributed by atoms with Crippen LogP contribution < -0.4 is 0 Å². The Morgan fingerprint density at radius 3 is 2.70 bits per heavy atom. The Labute approximate surface area is 57.3 Å². The van der Waals surface area contributed by atoms with Crippen LogP contribution in [0.25, 0.3) is 11.9 Å². The van der Waals surface area contributed by atoms with Gasteiger partial charge in [-0.05, 0) is 6.08 Å². The molecular weight excluding hydrogens is 133 g/mol. The summed E-state index contributed by atoms with van der Waals surface area (Å²) < 4.78 is 12.3. The van der Waals surface area contributed by atoms with Gasteiger partial charge in [0.25, 0.3) is 0 Å². The number of H-pyrrole nitrogens is 1. The second-order valence-electron chi connectivity index (χ2n) is 1.67. The molecule has 0 aromatic carbocycles. The third kappa shape index (κ3) is 0.953. The fourth-order valence-corrected chi connectivity index (χ4v) is 0.581. The highest BCUT2D eigenvalue weighted by Gasteiger charge is 2.06. The monoisotopic (exact) mass is 139 g/mol. The summed E-state index contributed by atoms with van der Waals surface area (Å²) in [6.07, 6.45) is 1.41. The Morgan fingerprint density at radius 2 is 2.30 bits per heavy atom. The number of nitrogens with one attached hydrogen (secondary N) is 1. The van der Waals surface area contributed by atoms with Crippen molar-refractivity contribution in [1.29, 1.82) is 0 Å². The van der Waals surface area contributed by atoms with E-state index in [4.69, 9.17) is 0 Å². The summed E-state index contributed by atoms with van der Waals surface area (Å²) in [7, 11) is 0. The Kier molecular flexibility index (Phi) is 1.62. The molecular formula is C6H6FN3. The molecule has 0 bridgehead atoms. The van der Waals surface area contributed by atoms with E-state index in [9.17, 15) is 4.39 Å². The first-order valence-electron chi connectivity index (χ1n) is 2.63. The van der Waals surface area contributed by atoms with Gasteiger partial charge in [-0.25, -0.2) is 4.39 Å². The Morgan fingerprint density at radius 1 is 1.60 bits per heavy atom.